The van der Waals surface area contributed by atoms with Gasteiger partial charge in [0.05, 0.1) is 12.2 Å². The van der Waals surface area contributed by atoms with E-state index in [0.29, 0.717) is 49.4 Å². The zero-order valence-corrected chi connectivity index (χ0v) is 45.3. The van der Waals surface area contributed by atoms with E-state index in [4.69, 9.17) is 63.8 Å². The van der Waals surface area contributed by atoms with Gasteiger partial charge in [-0.3, -0.25) is 14.2 Å². The molecule has 0 spiro atoms. The number of halogens is 4. The summed E-state index contributed by atoms with van der Waals surface area (Å²) in [7, 11) is 0. The van der Waals surface area contributed by atoms with Gasteiger partial charge in [-0.1, -0.05) is 83.3 Å². The van der Waals surface area contributed by atoms with Gasteiger partial charge in [0.2, 0.25) is 0 Å². The Morgan fingerprint density at radius 2 is 1.17 bits per heavy atom. The number of rotatable bonds is 4. The fourth-order valence-corrected chi connectivity index (χ4v) is 7.74. The fraction of sp³-hybridized carbons (Fsp3) is 0.0189. The number of hydrogen-bond acceptors (Lipinski definition) is 10. The number of H-pyrrole nitrogens is 4. The average molecular weight is 1110 g/mol. The van der Waals surface area contributed by atoms with Crippen molar-refractivity contribution in [2.45, 2.75) is 6.54 Å². The van der Waals surface area contributed by atoms with E-state index in [1.807, 2.05) is 120 Å². The molecule has 11 aromatic rings. The molecule has 16 nitrogen and oxygen atoms in total. The topological polar surface area (TPSA) is 227 Å². The van der Waals surface area contributed by atoms with Crippen molar-refractivity contribution < 1.29 is 49.8 Å². The summed E-state index contributed by atoms with van der Waals surface area (Å²) in [5, 5.41) is 14.3. The van der Waals surface area contributed by atoms with Crippen LogP contribution < -0.4 is 29.6 Å². The SMILES string of the molecule is Clc1ccc2cc[nH]c2n1.O=C(Cl)c1ccccc1.O=C(c1ccccc1)n1ccc2ccc(Cl)nc21.On1cccc2ccnc1-2.S=c1[nH]cc(Cn2ccc3ccc(Cl)nc32)[nH]1.[Na+].[OH-].c1cnc2[nH]ccc2c1. The molecule has 2 aliphatic heterocycles. The van der Waals surface area contributed by atoms with Gasteiger partial charge in [0.25, 0.3) is 11.1 Å². The molecule has 372 valence electrons. The molecule has 2 aromatic carbocycles. The average Bonchev–Trinajstić information content (AvgIpc) is 4.29. The Morgan fingerprint density at radius 1 is 0.573 bits per heavy atom. The molecule has 0 saturated carbocycles. The molecule has 0 radical (unpaired) electrons. The number of pyridine rings is 5. The van der Waals surface area contributed by atoms with Crippen LogP contribution in [0.3, 0.4) is 0 Å². The number of carbonyl (C=O) groups is 2. The van der Waals surface area contributed by atoms with E-state index in [0.717, 1.165) is 54.5 Å². The number of carbonyl (C=O) groups excluding carboxylic acids is 2. The minimum absolute atomic E-state index is 0. The van der Waals surface area contributed by atoms with Gasteiger partial charge < -0.3 is 35.2 Å². The number of nitrogens with one attached hydrogen (secondary N) is 4. The molecule has 0 bridgehead atoms. The zero-order chi connectivity index (χ0) is 51.1. The molecule has 13 rings (SSSR count). The van der Waals surface area contributed by atoms with Crippen molar-refractivity contribution in [3.8, 4) is 11.4 Å². The number of aromatic amines is 4. The van der Waals surface area contributed by atoms with Crippen LogP contribution in [0.1, 0.15) is 26.4 Å². The Hall–Kier alpha value is -7.42. The van der Waals surface area contributed by atoms with Gasteiger partial charge in [-0.2, -0.15) is 4.73 Å². The molecule has 6 N–H and O–H groups in total. The molecular weight excluding hydrogens is 1070 g/mol. The van der Waals surface area contributed by atoms with Crippen molar-refractivity contribution in [3.05, 3.63) is 238 Å². The van der Waals surface area contributed by atoms with Gasteiger partial charge >= 0.3 is 29.6 Å². The Bertz CT molecular complexity index is 3880. The molecule has 0 fully saturated rings. The van der Waals surface area contributed by atoms with E-state index in [2.05, 4.69) is 44.9 Å². The normalized spacial score (nSPS) is 10.2. The van der Waals surface area contributed by atoms with Gasteiger partial charge in [-0.15, -0.1) is 0 Å². The second-order valence-electron chi connectivity index (χ2n) is 15.3. The van der Waals surface area contributed by atoms with Crippen LogP contribution in [0, 0.1) is 4.77 Å². The first-order valence-electron chi connectivity index (χ1n) is 21.9. The first kappa shape index (κ1) is 56.9. The summed E-state index contributed by atoms with van der Waals surface area (Å²) in [5.41, 5.74) is 6.37. The monoisotopic (exact) mass is 1100 g/mol. The van der Waals surface area contributed by atoms with Crippen LogP contribution in [-0.4, -0.2) is 80.6 Å². The summed E-state index contributed by atoms with van der Waals surface area (Å²) in [6.45, 7) is 0.685. The number of imidazole rings is 1. The molecule has 0 aliphatic carbocycles. The van der Waals surface area contributed by atoms with E-state index in [1.165, 1.54) is 4.57 Å². The van der Waals surface area contributed by atoms with E-state index in [1.54, 1.807) is 85.5 Å². The summed E-state index contributed by atoms with van der Waals surface area (Å²) in [6, 6.07) is 46.1. The van der Waals surface area contributed by atoms with Gasteiger partial charge in [-0.25, -0.2) is 24.9 Å². The van der Waals surface area contributed by atoms with Crippen LogP contribution >= 0.6 is 58.6 Å². The maximum absolute atomic E-state index is 12.3. The van der Waals surface area contributed by atoms with Crippen molar-refractivity contribution in [2.24, 2.45) is 0 Å². The molecular formula is C53H41Cl4N12NaO4S. The van der Waals surface area contributed by atoms with Gasteiger partial charge in [0.15, 0.2) is 10.6 Å². The Labute approximate surface area is 474 Å². The first-order valence-corrected chi connectivity index (χ1v) is 23.9. The molecule has 9 aromatic heterocycles. The summed E-state index contributed by atoms with van der Waals surface area (Å²) in [4.78, 5) is 55.3. The third-order valence-electron chi connectivity index (χ3n) is 10.4. The predicted molar refractivity (Wildman–Crippen MR) is 293 cm³/mol. The van der Waals surface area contributed by atoms with Gasteiger partial charge in [-0.05, 0) is 127 Å². The third-order valence-corrected chi connectivity index (χ3v) is 11.5. The summed E-state index contributed by atoms with van der Waals surface area (Å²) < 4.78 is 5.17. The minimum Gasteiger partial charge on any atom is -0.870 e. The van der Waals surface area contributed by atoms with E-state index >= 15 is 0 Å². The smallest absolute Gasteiger partial charge is 0.870 e. The number of hydrogen-bond donors (Lipinski definition) is 5. The molecule has 75 heavy (non-hydrogen) atoms. The van der Waals surface area contributed by atoms with Crippen LogP contribution in [-0.2, 0) is 6.54 Å². The molecule has 0 unspecified atom stereocenters. The van der Waals surface area contributed by atoms with Crippen LogP contribution in [0.5, 0.6) is 0 Å². The predicted octanol–water partition coefficient (Wildman–Crippen LogP) is 10.4. The summed E-state index contributed by atoms with van der Waals surface area (Å²) in [6.07, 6.45) is 14.3. The number of fused-ring (bicyclic) bond motifs is 5. The van der Waals surface area contributed by atoms with Crippen molar-refractivity contribution >= 4 is 114 Å². The van der Waals surface area contributed by atoms with E-state index < -0.39 is 5.24 Å². The van der Waals surface area contributed by atoms with Crippen LogP contribution in [0.15, 0.2) is 201 Å². The minimum atomic E-state index is -0.407. The van der Waals surface area contributed by atoms with Crippen LogP contribution in [0.4, 0.5) is 0 Å². The number of nitrogens with zero attached hydrogens (tertiary/aromatic N) is 8. The molecule has 0 amide bonds. The van der Waals surface area contributed by atoms with E-state index in [9.17, 15) is 9.59 Å². The second kappa shape index (κ2) is 27.8. The molecule has 0 atom stereocenters. The maximum atomic E-state index is 12.3. The quantitative estimate of drug-likeness (QED) is 0.0368. The number of aromatic nitrogens is 12. The van der Waals surface area contributed by atoms with Crippen LogP contribution in [0.25, 0.3) is 55.5 Å². The van der Waals surface area contributed by atoms with Crippen molar-refractivity contribution in [1.82, 2.24) is 58.7 Å². The van der Waals surface area contributed by atoms with Crippen molar-refractivity contribution in [1.29, 1.82) is 0 Å². The Balaban J connectivity index is 0.000000149. The largest absolute Gasteiger partial charge is 1.00 e. The van der Waals surface area contributed by atoms with E-state index in [-0.39, 0.29) is 40.9 Å². The fourth-order valence-electron chi connectivity index (χ4n) is 6.99. The van der Waals surface area contributed by atoms with Gasteiger partial charge in [0, 0.05) is 87.8 Å². The van der Waals surface area contributed by atoms with Crippen LogP contribution in [0.2, 0.25) is 15.5 Å². The molecule has 11 heterocycles. The Kier molecular flexibility index (Phi) is 21.0. The summed E-state index contributed by atoms with van der Waals surface area (Å²) >= 11 is 27.6. The molecule has 0 saturated heterocycles. The molecule has 2 aliphatic rings. The van der Waals surface area contributed by atoms with Crippen molar-refractivity contribution in [3.63, 3.8) is 0 Å². The number of benzene rings is 2. The maximum Gasteiger partial charge on any atom is 1.00 e. The second-order valence-corrected chi connectivity index (χ2v) is 17.3. The zero-order valence-electron chi connectivity index (χ0n) is 39.5. The standard InChI is InChI=1S/C14H9ClN2O.C11H9ClN4S.C7H5ClN2.C7H5ClO.C7H6N2O.C7H6N2.Na.H2O/c15-12-7-6-10-8-9-17(13(10)16-12)14(18)11-4-2-1-3-5-11;12-9-2-1-7-3-4-16(10(7)15-9)6-8-5-13-11(17)14-8;8-6-2-1-5-3-4-9-7(5)10-6;8-7(9)6-4-2-1-3-5-6;10-9-5-1-2-6-3-4-8-7(6)9;1-2-6-3-5-9-7(6)8-4-1;;/h1-9H;1-5H,6H2,(H2,13,14,17);1-4H,(H,9,10);1-5H;1-5,10H;1-5H,(H,8,9);;1H2/q;;;;;;+1;/p-1. The molecule has 22 heteroatoms. The first-order chi connectivity index (χ1) is 35.5. The summed E-state index contributed by atoms with van der Waals surface area (Å²) in [5.74, 6) is 0.489. The van der Waals surface area contributed by atoms with Gasteiger partial charge in [0.1, 0.15) is 38.0 Å². The van der Waals surface area contributed by atoms with Crippen molar-refractivity contribution in [2.75, 3.05) is 0 Å². The third kappa shape index (κ3) is 15.6. The Morgan fingerprint density at radius 3 is 1.80 bits per heavy atom.